The molecule has 0 aliphatic heterocycles. The molecule has 0 amide bonds. The summed E-state index contributed by atoms with van der Waals surface area (Å²) in [4.78, 5) is 0. The van der Waals surface area contributed by atoms with E-state index < -0.39 is 7.12 Å². The Morgan fingerprint density at radius 1 is 1.06 bits per heavy atom. The van der Waals surface area contributed by atoms with E-state index in [4.69, 9.17) is 4.74 Å². The lowest BCUT2D eigenvalue weighted by Crippen LogP contribution is -2.30. The van der Waals surface area contributed by atoms with Crippen LogP contribution in [0.5, 0.6) is 5.75 Å². The summed E-state index contributed by atoms with van der Waals surface area (Å²) in [5.74, 6) is 1.23. The summed E-state index contributed by atoms with van der Waals surface area (Å²) in [6.45, 7) is 4.83. The standard InChI is InChI=1S/C14H17BO3/c1-10(2)9-18-14-8-7-13(15(16)17)11-5-3-4-6-12(11)14/h3-8,10,16-17H,9H2,1-2H3. The van der Waals surface area contributed by atoms with Gasteiger partial charge < -0.3 is 14.8 Å². The first kappa shape index (κ1) is 12.9. The van der Waals surface area contributed by atoms with Gasteiger partial charge in [0.05, 0.1) is 6.61 Å². The number of benzene rings is 2. The zero-order chi connectivity index (χ0) is 13.1. The molecule has 94 valence electrons. The predicted octanol–water partition coefficient (Wildman–Crippen LogP) is 1.55. The SMILES string of the molecule is CC(C)COc1ccc(B(O)O)c2ccccc12. The summed E-state index contributed by atoms with van der Waals surface area (Å²) in [7, 11) is -1.46. The molecule has 0 bridgehead atoms. The van der Waals surface area contributed by atoms with Crippen LogP contribution in [-0.4, -0.2) is 23.8 Å². The van der Waals surface area contributed by atoms with Crippen molar-refractivity contribution in [1.29, 1.82) is 0 Å². The molecule has 0 fully saturated rings. The average Bonchev–Trinajstić information content (AvgIpc) is 2.35. The average molecular weight is 244 g/mol. The molecule has 3 nitrogen and oxygen atoms in total. The maximum atomic E-state index is 9.35. The fourth-order valence-electron chi connectivity index (χ4n) is 1.90. The second-order valence-corrected chi connectivity index (χ2v) is 4.78. The third-order valence-electron chi connectivity index (χ3n) is 2.77. The van der Waals surface area contributed by atoms with Gasteiger partial charge in [-0.25, -0.2) is 0 Å². The lowest BCUT2D eigenvalue weighted by Gasteiger charge is -2.13. The number of fused-ring (bicyclic) bond motifs is 1. The van der Waals surface area contributed by atoms with Crippen molar-refractivity contribution in [1.82, 2.24) is 0 Å². The van der Waals surface area contributed by atoms with Crippen molar-refractivity contribution < 1.29 is 14.8 Å². The summed E-state index contributed by atoms with van der Waals surface area (Å²) in [6.07, 6.45) is 0. The maximum Gasteiger partial charge on any atom is 0.489 e. The van der Waals surface area contributed by atoms with Gasteiger partial charge in [0.1, 0.15) is 5.75 Å². The van der Waals surface area contributed by atoms with Crippen LogP contribution in [0.15, 0.2) is 36.4 Å². The summed E-state index contributed by atoms with van der Waals surface area (Å²) < 4.78 is 5.75. The summed E-state index contributed by atoms with van der Waals surface area (Å²) in [5, 5.41) is 20.4. The lowest BCUT2D eigenvalue weighted by molar-refractivity contribution is 0.274. The van der Waals surface area contributed by atoms with Crippen molar-refractivity contribution in [2.24, 2.45) is 5.92 Å². The van der Waals surface area contributed by atoms with Gasteiger partial charge in [0.2, 0.25) is 0 Å². The van der Waals surface area contributed by atoms with E-state index in [0.717, 1.165) is 16.5 Å². The van der Waals surface area contributed by atoms with Crippen molar-refractivity contribution in [2.45, 2.75) is 13.8 Å². The molecule has 2 aromatic rings. The van der Waals surface area contributed by atoms with Gasteiger partial charge in [-0.2, -0.15) is 0 Å². The van der Waals surface area contributed by atoms with Crippen molar-refractivity contribution in [3.8, 4) is 5.75 Å². The highest BCUT2D eigenvalue weighted by atomic mass is 16.5. The number of hydrogen-bond donors (Lipinski definition) is 2. The highest BCUT2D eigenvalue weighted by Gasteiger charge is 2.16. The Morgan fingerprint density at radius 2 is 1.72 bits per heavy atom. The Hall–Kier alpha value is -1.52. The number of hydrogen-bond acceptors (Lipinski definition) is 3. The minimum absolute atomic E-state index is 0.451. The molecule has 0 aliphatic rings. The van der Waals surface area contributed by atoms with Gasteiger partial charge >= 0.3 is 7.12 Å². The van der Waals surface area contributed by atoms with Gasteiger partial charge in [0.25, 0.3) is 0 Å². The van der Waals surface area contributed by atoms with Gasteiger partial charge in [0, 0.05) is 5.39 Å². The van der Waals surface area contributed by atoms with E-state index in [1.165, 1.54) is 0 Å². The van der Waals surface area contributed by atoms with Crippen LogP contribution in [0.2, 0.25) is 0 Å². The second kappa shape index (κ2) is 5.42. The second-order valence-electron chi connectivity index (χ2n) is 4.78. The van der Waals surface area contributed by atoms with Gasteiger partial charge in [-0.05, 0) is 22.8 Å². The minimum atomic E-state index is -1.46. The van der Waals surface area contributed by atoms with Gasteiger partial charge in [0.15, 0.2) is 0 Å². The third kappa shape index (κ3) is 2.66. The molecule has 2 rings (SSSR count). The minimum Gasteiger partial charge on any atom is -0.493 e. The molecule has 0 aliphatic carbocycles. The van der Waals surface area contributed by atoms with E-state index in [9.17, 15) is 10.0 Å². The summed E-state index contributed by atoms with van der Waals surface area (Å²) in [6, 6.07) is 11.1. The van der Waals surface area contributed by atoms with Crippen molar-refractivity contribution in [2.75, 3.05) is 6.61 Å². The highest BCUT2D eigenvalue weighted by molar-refractivity contribution is 6.62. The molecular formula is C14H17BO3. The van der Waals surface area contributed by atoms with Crippen LogP contribution in [0.3, 0.4) is 0 Å². The molecular weight excluding hydrogens is 227 g/mol. The Balaban J connectivity index is 2.47. The maximum absolute atomic E-state index is 9.35. The molecule has 0 spiro atoms. The van der Waals surface area contributed by atoms with Gasteiger partial charge in [-0.3, -0.25) is 0 Å². The molecule has 0 saturated heterocycles. The molecule has 18 heavy (non-hydrogen) atoms. The largest absolute Gasteiger partial charge is 0.493 e. The third-order valence-corrected chi connectivity index (χ3v) is 2.77. The first-order valence-corrected chi connectivity index (χ1v) is 6.10. The van der Waals surface area contributed by atoms with Crippen LogP contribution in [0.4, 0.5) is 0 Å². The first-order valence-electron chi connectivity index (χ1n) is 6.10. The van der Waals surface area contributed by atoms with Crippen LogP contribution < -0.4 is 10.2 Å². The Morgan fingerprint density at radius 3 is 2.33 bits per heavy atom. The summed E-state index contributed by atoms with van der Waals surface area (Å²) in [5.41, 5.74) is 0.502. The van der Waals surface area contributed by atoms with Gasteiger partial charge in [-0.1, -0.05) is 44.2 Å². The fraction of sp³-hybridized carbons (Fsp3) is 0.286. The fourth-order valence-corrected chi connectivity index (χ4v) is 1.90. The van der Waals surface area contributed by atoms with E-state index in [0.29, 0.717) is 18.0 Å². The smallest absolute Gasteiger partial charge is 0.489 e. The van der Waals surface area contributed by atoms with Crippen LogP contribution in [0.25, 0.3) is 10.8 Å². The van der Waals surface area contributed by atoms with Crippen LogP contribution in [0.1, 0.15) is 13.8 Å². The van der Waals surface area contributed by atoms with Gasteiger partial charge in [-0.15, -0.1) is 0 Å². The Labute approximate surface area is 107 Å². The molecule has 0 unspecified atom stereocenters. The van der Waals surface area contributed by atoms with Crippen LogP contribution in [0, 0.1) is 5.92 Å². The zero-order valence-corrected chi connectivity index (χ0v) is 10.6. The first-order chi connectivity index (χ1) is 8.59. The van der Waals surface area contributed by atoms with E-state index in [2.05, 4.69) is 13.8 Å². The zero-order valence-electron chi connectivity index (χ0n) is 10.6. The molecule has 0 aromatic heterocycles. The van der Waals surface area contributed by atoms with Crippen molar-refractivity contribution in [3.05, 3.63) is 36.4 Å². The Bertz CT molecular complexity index is 538. The van der Waals surface area contributed by atoms with E-state index in [1.807, 2.05) is 24.3 Å². The number of ether oxygens (including phenoxy) is 1. The Kier molecular flexibility index (Phi) is 3.89. The summed E-state index contributed by atoms with van der Waals surface area (Å²) >= 11 is 0. The van der Waals surface area contributed by atoms with Crippen molar-refractivity contribution >= 4 is 23.4 Å². The lowest BCUT2D eigenvalue weighted by atomic mass is 9.77. The number of rotatable bonds is 4. The monoisotopic (exact) mass is 244 g/mol. The molecule has 2 N–H and O–H groups in total. The quantitative estimate of drug-likeness (QED) is 0.802. The molecule has 0 heterocycles. The molecule has 2 aromatic carbocycles. The van der Waals surface area contributed by atoms with Crippen LogP contribution in [-0.2, 0) is 0 Å². The molecule has 0 radical (unpaired) electrons. The molecule has 0 atom stereocenters. The predicted molar refractivity (Wildman–Crippen MR) is 74.1 cm³/mol. The topological polar surface area (TPSA) is 49.7 Å². The van der Waals surface area contributed by atoms with Crippen LogP contribution >= 0.6 is 0 Å². The highest BCUT2D eigenvalue weighted by Crippen LogP contribution is 2.24. The van der Waals surface area contributed by atoms with E-state index in [1.54, 1.807) is 12.1 Å². The molecule has 0 saturated carbocycles. The molecule has 4 heteroatoms. The van der Waals surface area contributed by atoms with Crippen molar-refractivity contribution in [3.63, 3.8) is 0 Å². The normalized spacial score (nSPS) is 10.9. The van der Waals surface area contributed by atoms with E-state index in [-0.39, 0.29) is 0 Å². The van der Waals surface area contributed by atoms with E-state index >= 15 is 0 Å².